The van der Waals surface area contributed by atoms with E-state index in [9.17, 15) is 10.2 Å². The van der Waals surface area contributed by atoms with Crippen LogP contribution in [0.15, 0.2) is 0 Å². The van der Waals surface area contributed by atoms with Crippen LogP contribution in [-0.4, -0.2) is 21.9 Å². The van der Waals surface area contributed by atoms with E-state index in [0.29, 0.717) is 22.7 Å². The minimum absolute atomic E-state index is 0.314. The zero-order chi connectivity index (χ0) is 14.8. The van der Waals surface area contributed by atoms with E-state index in [1.54, 1.807) is 0 Å². The lowest BCUT2D eigenvalue weighted by atomic mass is 9.43. The van der Waals surface area contributed by atoms with Crippen molar-refractivity contribution < 1.29 is 10.2 Å². The quantitative estimate of drug-likeness (QED) is 0.709. The molecule has 0 aromatic carbocycles. The molecule has 6 atom stereocenters. The maximum atomic E-state index is 10.6. The van der Waals surface area contributed by atoms with Crippen molar-refractivity contribution in [3.8, 4) is 0 Å². The van der Waals surface area contributed by atoms with Gasteiger partial charge in [0.05, 0.1) is 11.7 Å². The second-order valence-electron chi connectivity index (χ2n) is 9.09. The topological polar surface area (TPSA) is 40.5 Å². The van der Waals surface area contributed by atoms with Gasteiger partial charge in [0.2, 0.25) is 0 Å². The fraction of sp³-hybridized carbons (Fsp3) is 1.00. The molecule has 0 saturated heterocycles. The smallest absolute Gasteiger partial charge is 0.0880 e. The summed E-state index contributed by atoms with van der Waals surface area (Å²) in [6, 6.07) is 0. The molecule has 3 aliphatic rings. The Bertz CT molecular complexity index is 387. The highest BCUT2D eigenvalue weighted by Gasteiger charge is 2.58. The third kappa shape index (κ3) is 1.98. The van der Waals surface area contributed by atoms with Crippen LogP contribution in [0.4, 0.5) is 0 Å². The minimum atomic E-state index is -0.867. The van der Waals surface area contributed by atoms with Crippen LogP contribution in [0.2, 0.25) is 0 Å². The Morgan fingerprint density at radius 2 is 1.60 bits per heavy atom. The molecular formula is C18H32O2. The highest BCUT2D eigenvalue weighted by atomic mass is 16.3. The second kappa shape index (κ2) is 4.46. The molecule has 0 bridgehead atoms. The summed E-state index contributed by atoms with van der Waals surface area (Å²) in [6.07, 6.45) is 7.67. The van der Waals surface area contributed by atoms with Gasteiger partial charge in [-0.25, -0.2) is 0 Å². The van der Waals surface area contributed by atoms with Crippen LogP contribution in [0.1, 0.15) is 72.6 Å². The van der Waals surface area contributed by atoms with E-state index in [-0.39, 0.29) is 0 Å². The Morgan fingerprint density at radius 1 is 0.900 bits per heavy atom. The molecule has 2 nitrogen and oxygen atoms in total. The van der Waals surface area contributed by atoms with Crippen LogP contribution < -0.4 is 0 Å². The molecule has 0 aromatic heterocycles. The lowest BCUT2D eigenvalue weighted by molar-refractivity contribution is -0.193. The van der Waals surface area contributed by atoms with Crippen LogP contribution in [0.25, 0.3) is 0 Å². The molecule has 20 heavy (non-hydrogen) atoms. The summed E-state index contributed by atoms with van der Waals surface area (Å²) in [5.74, 6) is 1.71. The molecule has 0 heterocycles. The van der Waals surface area contributed by atoms with Crippen LogP contribution in [0.3, 0.4) is 0 Å². The van der Waals surface area contributed by atoms with Gasteiger partial charge in [0.25, 0.3) is 0 Å². The number of hydrogen-bond donors (Lipinski definition) is 2. The summed E-state index contributed by atoms with van der Waals surface area (Å²) in [5.41, 5.74) is -0.0421. The summed E-state index contributed by atoms with van der Waals surface area (Å²) in [5, 5.41) is 21.0. The van der Waals surface area contributed by atoms with Crippen LogP contribution >= 0.6 is 0 Å². The van der Waals surface area contributed by atoms with Crippen LogP contribution in [-0.2, 0) is 0 Å². The van der Waals surface area contributed by atoms with Crippen molar-refractivity contribution in [2.45, 2.75) is 84.3 Å². The van der Waals surface area contributed by atoms with Gasteiger partial charge in [-0.15, -0.1) is 0 Å². The SMILES string of the molecule is CC1(C)CCC[C@]2(C)[C@H]3CC[C@@](C)(O)[C@@H](O)[C@H]3CC[C@@H]12. The predicted molar refractivity (Wildman–Crippen MR) is 81.3 cm³/mol. The first-order chi connectivity index (χ1) is 9.18. The number of aliphatic hydroxyl groups is 2. The fourth-order valence-corrected chi connectivity index (χ4v) is 6.36. The summed E-state index contributed by atoms with van der Waals surface area (Å²) in [4.78, 5) is 0. The molecule has 0 spiro atoms. The zero-order valence-electron chi connectivity index (χ0n) is 13.7. The van der Waals surface area contributed by atoms with Gasteiger partial charge in [0.15, 0.2) is 0 Å². The van der Waals surface area contributed by atoms with Crippen molar-refractivity contribution in [2.75, 3.05) is 0 Å². The van der Waals surface area contributed by atoms with Crippen LogP contribution in [0, 0.1) is 28.6 Å². The normalized spacial score (nSPS) is 54.9. The largest absolute Gasteiger partial charge is 0.390 e. The molecule has 2 heteroatoms. The number of aliphatic hydroxyl groups excluding tert-OH is 1. The number of fused-ring (bicyclic) bond motifs is 3. The molecular weight excluding hydrogens is 248 g/mol. The first-order valence-electron chi connectivity index (χ1n) is 8.59. The fourth-order valence-electron chi connectivity index (χ4n) is 6.36. The Hall–Kier alpha value is -0.0800. The third-order valence-corrected chi connectivity index (χ3v) is 7.43. The predicted octanol–water partition coefficient (Wildman–Crippen LogP) is 3.75. The Balaban J connectivity index is 1.92. The van der Waals surface area contributed by atoms with Gasteiger partial charge >= 0.3 is 0 Å². The Labute approximate surface area is 124 Å². The zero-order valence-corrected chi connectivity index (χ0v) is 13.7. The summed E-state index contributed by atoms with van der Waals surface area (Å²) >= 11 is 0. The Kier molecular flexibility index (Phi) is 3.31. The molecule has 0 aromatic rings. The van der Waals surface area contributed by atoms with Gasteiger partial charge in [-0.1, -0.05) is 27.2 Å². The van der Waals surface area contributed by atoms with Crippen molar-refractivity contribution in [3.05, 3.63) is 0 Å². The van der Waals surface area contributed by atoms with Gasteiger partial charge in [-0.2, -0.15) is 0 Å². The standard InChI is InChI=1S/C18H32O2/c1-16(2)9-5-10-17(3)13-8-11-18(4,20)15(19)12(13)6-7-14(16)17/h12-15,19-20H,5-11H2,1-4H3/t12-,13-,14-,15-,17+,18+/m0/s1. The van der Waals surface area contributed by atoms with E-state index in [2.05, 4.69) is 20.8 Å². The van der Waals surface area contributed by atoms with E-state index >= 15 is 0 Å². The molecule has 0 radical (unpaired) electrons. The first-order valence-corrected chi connectivity index (χ1v) is 8.59. The van der Waals surface area contributed by atoms with Crippen molar-refractivity contribution in [1.29, 1.82) is 0 Å². The molecule has 3 rings (SSSR count). The van der Waals surface area contributed by atoms with E-state index < -0.39 is 11.7 Å². The monoisotopic (exact) mass is 280 g/mol. The van der Waals surface area contributed by atoms with E-state index in [1.807, 2.05) is 6.92 Å². The molecule has 3 aliphatic carbocycles. The van der Waals surface area contributed by atoms with Gasteiger partial charge in [-0.05, 0) is 74.0 Å². The van der Waals surface area contributed by atoms with Gasteiger partial charge in [0.1, 0.15) is 0 Å². The third-order valence-electron chi connectivity index (χ3n) is 7.43. The lowest BCUT2D eigenvalue weighted by Gasteiger charge is -2.62. The molecule has 0 amide bonds. The Morgan fingerprint density at radius 3 is 2.30 bits per heavy atom. The van der Waals surface area contributed by atoms with Crippen LogP contribution in [0.5, 0.6) is 0 Å². The highest BCUT2D eigenvalue weighted by molar-refractivity contribution is 5.08. The van der Waals surface area contributed by atoms with Gasteiger partial charge < -0.3 is 10.2 Å². The summed E-state index contributed by atoms with van der Waals surface area (Å²) in [6.45, 7) is 9.21. The number of hydrogen-bond acceptors (Lipinski definition) is 2. The minimum Gasteiger partial charge on any atom is -0.390 e. The summed E-state index contributed by atoms with van der Waals surface area (Å²) < 4.78 is 0. The van der Waals surface area contributed by atoms with Crippen molar-refractivity contribution in [1.82, 2.24) is 0 Å². The van der Waals surface area contributed by atoms with E-state index in [1.165, 1.54) is 25.7 Å². The van der Waals surface area contributed by atoms with E-state index in [0.717, 1.165) is 25.2 Å². The molecule has 3 saturated carbocycles. The summed E-state index contributed by atoms with van der Waals surface area (Å²) in [7, 11) is 0. The van der Waals surface area contributed by atoms with Gasteiger partial charge in [0, 0.05) is 0 Å². The average Bonchev–Trinajstić information content (AvgIpc) is 2.33. The second-order valence-corrected chi connectivity index (χ2v) is 9.09. The first kappa shape index (κ1) is 14.8. The number of rotatable bonds is 0. The average molecular weight is 280 g/mol. The van der Waals surface area contributed by atoms with E-state index in [4.69, 9.17) is 0 Å². The molecule has 116 valence electrons. The molecule has 0 aliphatic heterocycles. The van der Waals surface area contributed by atoms with Crippen molar-refractivity contribution in [3.63, 3.8) is 0 Å². The maximum Gasteiger partial charge on any atom is 0.0880 e. The van der Waals surface area contributed by atoms with Gasteiger partial charge in [-0.3, -0.25) is 0 Å². The molecule has 0 unspecified atom stereocenters. The maximum absolute atomic E-state index is 10.6. The highest BCUT2D eigenvalue weighted by Crippen LogP contribution is 2.64. The van der Waals surface area contributed by atoms with Crippen molar-refractivity contribution in [2.24, 2.45) is 28.6 Å². The molecule has 3 fully saturated rings. The molecule has 2 N–H and O–H groups in total. The lowest BCUT2D eigenvalue weighted by Crippen LogP contribution is -2.60. The van der Waals surface area contributed by atoms with Crippen molar-refractivity contribution >= 4 is 0 Å².